The summed E-state index contributed by atoms with van der Waals surface area (Å²) in [5, 5.41) is 8.22. The first kappa shape index (κ1) is 19.8. The molecule has 1 fully saturated rings. The van der Waals surface area contributed by atoms with Crippen molar-refractivity contribution in [2.24, 2.45) is 0 Å². The molecular weight excluding hydrogens is 382 g/mol. The maximum Gasteiger partial charge on any atom is 0.183 e. The predicted octanol–water partition coefficient (Wildman–Crippen LogP) is 5.20. The number of anilines is 1. The number of hydrogen-bond acceptors (Lipinski definition) is 4. The van der Waals surface area contributed by atoms with Crippen molar-refractivity contribution < 1.29 is 0 Å². The van der Waals surface area contributed by atoms with Crippen molar-refractivity contribution in [2.45, 2.75) is 39.2 Å². The molecule has 1 unspecified atom stereocenters. The van der Waals surface area contributed by atoms with Gasteiger partial charge in [0.15, 0.2) is 5.65 Å². The van der Waals surface area contributed by atoms with E-state index in [0.29, 0.717) is 17.5 Å². The molecule has 3 heterocycles. The van der Waals surface area contributed by atoms with Gasteiger partial charge in [-0.25, -0.2) is 4.98 Å². The molecule has 5 rings (SSSR count). The molecule has 0 aliphatic carbocycles. The lowest BCUT2D eigenvalue weighted by Gasteiger charge is -2.26. The Balaban J connectivity index is 1.53. The highest BCUT2D eigenvalue weighted by Gasteiger charge is 2.26. The first-order valence-electron chi connectivity index (χ1n) is 11.1. The van der Waals surface area contributed by atoms with Crippen molar-refractivity contribution in [1.29, 1.82) is 0 Å². The molecule has 0 saturated carbocycles. The molecule has 5 heteroatoms. The Bertz CT molecular complexity index is 1210. The van der Waals surface area contributed by atoms with Crippen LogP contribution in [0.1, 0.15) is 41.1 Å². The predicted molar refractivity (Wildman–Crippen MR) is 127 cm³/mol. The highest BCUT2D eigenvalue weighted by atomic mass is 15.2. The molecule has 1 atom stereocenters. The topological polar surface area (TPSA) is 70.8 Å². The molecule has 31 heavy (non-hydrogen) atoms. The Morgan fingerprint density at radius 2 is 1.84 bits per heavy atom. The van der Waals surface area contributed by atoms with Gasteiger partial charge in [-0.3, -0.25) is 10.00 Å². The standard InChI is InChI=1S/C26H29N5/c1-17-9-6-7-12-20(17)24-21(18(2)23-25(27)29-30-26(23)28-24)14-16-31-15-8-13-22(31)19-10-4-3-5-11-19/h3-7,9-12,22H,8,13-16H2,1-2H3,(H3,27,28,29,30). The van der Waals surface area contributed by atoms with E-state index in [0.717, 1.165) is 30.6 Å². The van der Waals surface area contributed by atoms with Gasteiger partial charge in [0.05, 0.1) is 11.1 Å². The fraction of sp³-hybridized carbons (Fsp3) is 0.308. The van der Waals surface area contributed by atoms with Crippen LogP contribution in [-0.4, -0.2) is 33.2 Å². The minimum Gasteiger partial charge on any atom is -0.384 e. The molecule has 0 amide bonds. The minimum atomic E-state index is 0.499. The first-order chi connectivity index (χ1) is 15.1. The third-order valence-corrected chi connectivity index (χ3v) is 6.70. The summed E-state index contributed by atoms with van der Waals surface area (Å²) in [4.78, 5) is 7.59. The van der Waals surface area contributed by atoms with E-state index in [1.54, 1.807) is 0 Å². The molecule has 5 nitrogen and oxygen atoms in total. The van der Waals surface area contributed by atoms with Crippen molar-refractivity contribution >= 4 is 16.9 Å². The van der Waals surface area contributed by atoms with E-state index in [9.17, 15) is 0 Å². The molecule has 0 bridgehead atoms. The number of hydrogen-bond donors (Lipinski definition) is 2. The van der Waals surface area contributed by atoms with Crippen LogP contribution in [0.5, 0.6) is 0 Å². The number of aromatic amines is 1. The molecule has 2 aromatic carbocycles. The van der Waals surface area contributed by atoms with Crippen LogP contribution in [0.2, 0.25) is 0 Å². The van der Waals surface area contributed by atoms with Gasteiger partial charge in [-0.1, -0.05) is 54.6 Å². The van der Waals surface area contributed by atoms with Crippen LogP contribution < -0.4 is 5.73 Å². The molecule has 4 aromatic rings. The number of aryl methyl sites for hydroxylation is 2. The summed E-state index contributed by atoms with van der Waals surface area (Å²) < 4.78 is 0. The smallest absolute Gasteiger partial charge is 0.183 e. The van der Waals surface area contributed by atoms with E-state index in [2.05, 4.69) is 83.5 Å². The number of nitrogen functional groups attached to an aromatic ring is 1. The molecule has 1 aliphatic heterocycles. The zero-order valence-electron chi connectivity index (χ0n) is 18.2. The first-order valence-corrected chi connectivity index (χ1v) is 11.1. The Morgan fingerprint density at radius 3 is 2.65 bits per heavy atom. The molecule has 0 radical (unpaired) electrons. The van der Waals surface area contributed by atoms with Crippen molar-refractivity contribution in [3.8, 4) is 11.3 Å². The summed E-state index contributed by atoms with van der Waals surface area (Å²) >= 11 is 0. The minimum absolute atomic E-state index is 0.499. The van der Waals surface area contributed by atoms with Gasteiger partial charge in [0.2, 0.25) is 0 Å². The molecule has 0 spiro atoms. The molecular formula is C26H29N5. The van der Waals surface area contributed by atoms with E-state index < -0.39 is 0 Å². The Hall–Kier alpha value is -3.18. The van der Waals surface area contributed by atoms with Gasteiger partial charge >= 0.3 is 0 Å². The van der Waals surface area contributed by atoms with Gasteiger partial charge in [0.1, 0.15) is 5.82 Å². The van der Waals surface area contributed by atoms with Crippen LogP contribution in [0.25, 0.3) is 22.3 Å². The number of rotatable bonds is 5. The lowest BCUT2D eigenvalue weighted by atomic mass is 9.94. The summed E-state index contributed by atoms with van der Waals surface area (Å²) in [6.07, 6.45) is 3.40. The molecule has 2 aromatic heterocycles. The maximum absolute atomic E-state index is 6.21. The fourth-order valence-electron chi connectivity index (χ4n) is 5.07. The summed E-state index contributed by atoms with van der Waals surface area (Å²) in [6.45, 7) is 6.45. The van der Waals surface area contributed by atoms with Gasteiger partial charge in [-0.15, -0.1) is 0 Å². The highest BCUT2D eigenvalue weighted by Crippen LogP contribution is 2.35. The SMILES string of the molecule is Cc1ccccc1-c1nc2n[nH]c(N)c2c(C)c1CCN1CCCC1c1ccccc1. The zero-order valence-corrected chi connectivity index (χ0v) is 18.2. The second-order valence-electron chi connectivity index (χ2n) is 8.57. The number of nitrogens with zero attached hydrogens (tertiary/aromatic N) is 3. The summed E-state index contributed by atoms with van der Waals surface area (Å²) in [7, 11) is 0. The van der Waals surface area contributed by atoms with Crippen molar-refractivity contribution in [3.63, 3.8) is 0 Å². The van der Waals surface area contributed by atoms with Crippen LogP contribution in [-0.2, 0) is 6.42 Å². The van der Waals surface area contributed by atoms with Gasteiger partial charge in [0.25, 0.3) is 0 Å². The van der Waals surface area contributed by atoms with E-state index in [1.165, 1.54) is 40.7 Å². The van der Waals surface area contributed by atoms with E-state index in [1.807, 2.05) is 0 Å². The van der Waals surface area contributed by atoms with E-state index >= 15 is 0 Å². The quantitative estimate of drug-likeness (QED) is 0.473. The lowest BCUT2D eigenvalue weighted by molar-refractivity contribution is 0.260. The van der Waals surface area contributed by atoms with E-state index in [4.69, 9.17) is 10.7 Å². The number of H-pyrrole nitrogens is 1. The summed E-state index contributed by atoms with van der Waals surface area (Å²) in [6, 6.07) is 19.9. The molecule has 1 saturated heterocycles. The zero-order chi connectivity index (χ0) is 21.4. The Labute approximate surface area is 183 Å². The lowest BCUT2D eigenvalue weighted by Crippen LogP contribution is -2.26. The number of aromatic nitrogens is 3. The molecule has 3 N–H and O–H groups in total. The number of likely N-dealkylation sites (tertiary alicyclic amines) is 1. The van der Waals surface area contributed by atoms with Gasteiger partial charge in [-0.2, -0.15) is 5.10 Å². The van der Waals surface area contributed by atoms with Gasteiger partial charge < -0.3 is 5.73 Å². The van der Waals surface area contributed by atoms with Crippen LogP contribution in [0.4, 0.5) is 5.82 Å². The van der Waals surface area contributed by atoms with Gasteiger partial charge in [-0.05, 0) is 61.9 Å². The second kappa shape index (κ2) is 8.16. The van der Waals surface area contributed by atoms with Gasteiger partial charge in [0, 0.05) is 18.2 Å². The summed E-state index contributed by atoms with van der Waals surface area (Å²) in [5.74, 6) is 0.598. The van der Waals surface area contributed by atoms with Crippen LogP contribution >= 0.6 is 0 Å². The average Bonchev–Trinajstić information content (AvgIpc) is 3.41. The average molecular weight is 412 g/mol. The second-order valence-corrected chi connectivity index (χ2v) is 8.57. The van der Waals surface area contributed by atoms with Crippen molar-refractivity contribution in [3.05, 3.63) is 76.9 Å². The third kappa shape index (κ3) is 3.59. The largest absolute Gasteiger partial charge is 0.384 e. The number of nitrogens with two attached hydrogens (primary N) is 1. The molecule has 1 aliphatic rings. The normalized spacial score (nSPS) is 16.9. The summed E-state index contributed by atoms with van der Waals surface area (Å²) in [5.41, 5.74) is 14.2. The number of pyridine rings is 1. The fourth-order valence-corrected chi connectivity index (χ4v) is 5.07. The molecule has 158 valence electrons. The van der Waals surface area contributed by atoms with Crippen LogP contribution in [0.15, 0.2) is 54.6 Å². The number of fused-ring (bicyclic) bond motifs is 1. The Kier molecular flexibility index (Phi) is 5.20. The number of benzene rings is 2. The number of nitrogens with one attached hydrogen (secondary N) is 1. The van der Waals surface area contributed by atoms with Crippen LogP contribution in [0, 0.1) is 13.8 Å². The van der Waals surface area contributed by atoms with Crippen LogP contribution in [0.3, 0.4) is 0 Å². The van der Waals surface area contributed by atoms with Crippen molar-refractivity contribution in [2.75, 3.05) is 18.8 Å². The van der Waals surface area contributed by atoms with E-state index in [-0.39, 0.29) is 0 Å². The maximum atomic E-state index is 6.21. The monoisotopic (exact) mass is 411 g/mol. The highest BCUT2D eigenvalue weighted by molar-refractivity contribution is 5.92. The Morgan fingerprint density at radius 1 is 1.06 bits per heavy atom. The van der Waals surface area contributed by atoms with Crippen molar-refractivity contribution in [1.82, 2.24) is 20.1 Å². The third-order valence-electron chi connectivity index (χ3n) is 6.70.